The number of sulfonamides is 1. The minimum absolute atomic E-state index is 0.106. The highest BCUT2D eigenvalue weighted by molar-refractivity contribution is 7.89. The van der Waals surface area contributed by atoms with Gasteiger partial charge in [-0.05, 0) is 78.9 Å². The van der Waals surface area contributed by atoms with Gasteiger partial charge in [0.25, 0.3) is 5.91 Å². The van der Waals surface area contributed by atoms with Gasteiger partial charge >= 0.3 is 0 Å². The van der Waals surface area contributed by atoms with Crippen LogP contribution in [0.3, 0.4) is 0 Å². The van der Waals surface area contributed by atoms with Gasteiger partial charge in [-0.3, -0.25) is 4.79 Å². The van der Waals surface area contributed by atoms with Crippen molar-refractivity contribution in [3.05, 3.63) is 122 Å². The maximum atomic E-state index is 13.9. The van der Waals surface area contributed by atoms with Gasteiger partial charge in [0.2, 0.25) is 10.0 Å². The summed E-state index contributed by atoms with van der Waals surface area (Å²) in [6.07, 6.45) is 1.44. The monoisotopic (exact) mass is 653 g/mol. The highest BCUT2D eigenvalue weighted by Gasteiger charge is 2.30. The van der Waals surface area contributed by atoms with E-state index in [2.05, 4.69) is 10.5 Å². The Morgan fingerprint density at radius 2 is 1.59 bits per heavy atom. The standard InChI is InChI=1S/C33H33Cl2N3O5S/c1-22-14-23(2)33(24(3)15-22)44(40,41)38(19-27-10-12-28(34)29(35)16-27)20-32(39)37-36-18-26-11-13-30(31(17-26)42-4)43-21-25-8-6-5-7-9-25/h5-18H,19-21H2,1-4H3,(H,37,39)/b36-18+. The summed E-state index contributed by atoms with van der Waals surface area (Å²) in [5.74, 6) is 0.434. The zero-order valence-corrected chi connectivity index (χ0v) is 27.1. The molecule has 1 amide bonds. The van der Waals surface area contributed by atoms with Crippen molar-refractivity contribution in [3.8, 4) is 11.5 Å². The van der Waals surface area contributed by atoms with Crippen LogP contribution in [0.25, 0.3) is 0 Å². The molecule has 0 bridgehead atoms. The predicted molar refractivity (Wildman–Crippen MR) is 174 cm³/mol. The molecule has 0 aliphatic heterocycles. The smallest absolute Gasteiger partial charge is 0.255 e. The number of benzene rings is 4. The molecule has 44 heavy (non-hydrogen) atoms. The van der Waals surface area contributed by atoms with E-state index in [9.17, 15) is 13.2 Å². The number of halogens is 2. The highest BCUT2D eigenvalue weighted by Crippen LogP contribution is 2.30. The highest BCUT2D eigenvalue weighted by atomic mass is 35.5. The number of ether oxygens (including phenoxy) is 2. The molecule has 0 aliphatic carbocycles. The van der Waals surface area contributed by atoms with Crippen molar-refractivity contribution in [2.24, 2.45) is 5.10 Å². The Balaban J connectivity index is 1.50. The van der Waals surface area contributed by atoms with Gasteiger partial charge in [0, 0.05) is 6.54 Å². The van der Waals surface area contributed by atoms with Crippen LogP contribution in [0.1, 0.15) is 33.4 Å². The van der Waals surface area contributed by atoms with E-state index in [1.54, 1.807) is 62.4 Å². The number of rotatable bonds is 12. The van der Waals surface area contributed by atoms with Gasteiger partial charge in [-0.15, -0.1) is 0 Å². The maximum absolute atomic E-state index is 13.9. The Bertz CT molecular complexity index is 1760. The summed E-state index contributed by atoms with van der Waals surface area (Å²) in [6, 6.07) is 23.4. The second-order valence-corrected chi connectivity index (χ2v) is 12.9. The van der Waals surface area contributed by atoms with Crippen molar-refractivity contribution >= 4 is 45.3 Å². The number of amides is 1. The topological polar surface area (TPSA) is 97.3 Å². The first kappa shape index (κ1) is 33.0. The second-order valence-electron chi connectivity index (χ2n) is 10.2. The Kier molecular flexibility index (Phi) is 11.0. The van der Waals surface area contributed by atoms with Crippen molar-refractivity contribution in [1.82, 2.24) is 9.73 Å². The first-order valence-corrected chi connectivity index (χ1v) is 15.9. The number of carbonyl (C=O) groups excluding carboxylic acids is 1. The van der Waals surface area contributed by atoms with Crippen LogP contribution >= 0.6 is 23.2 Å². The van der Waals surface area contributed by atoms with Crippen molar-refractivity contribution in [3.63, 3.8) is 0 Å². The van der Waals surface area contributed by atoms with Crippen molar-refractivity contribution < 1.29 is 22.7 Å². The van der Waals surface area contributed by atoms with Crippen molar-refractivity contribution in [2.75, 3.05) is 13.7 Å². The fourth-order valence-electron chi connectivity index (χ4n) is 4.76. The number of carbonyl (C=O) groups is 1. The Morgan fingerprint density at radius 1 is 0.886 bits per heavy atom. The quantitative estimate of drug-likeness (QED) is 0.133. The normalized spacial score (nSPS) is 11.6. The average molecular weight is 655 g/mol. The summed E-state index contributed by atoms with van der Waals surface area (Å²) in [5.41, 5.74) is 6.78. The Hall–Kier alpha value is -3.89. The van der Waals surface area contributed by atoms with E-state index in [4.69, 9.17) is 32.7 Å². The van der Waals surface area contributed by atoms with E-state index in [-0.39, 0.29) is 16.5 Å². The third-order valence-corrected chi connectivity index (χ3v) is 9.53. The molecule has 230 valence electrons. The van der Waals surface area contributed by atoms with Gasteiger partial charge in [-0.1, -0.05) is 77.3 Å². The summed E-state index contributed by atoms with van der Waals surface area (Å²) in [5, 5.41) is 4.67. The Morgan fingerprint density at radius 3 is 2.25 bits per heavy atom. The Labute approximate surface area is 268 Å². The third kappa shape index (κ3) is 8.39. The molecule has 4 aromatic carbocycles. The summed E-state index contributed by atoms with van der Waals surface area (Å²) >= 11 is 12.3. The van der Waals surface area contributed by atoms with Crippen LogP contribution in [0.4, 0.5) is 0 Å². The molecule has 4 rings (SSSR count). The molecule has 0 saturated heterocycles. The van der Waals surface area contributed by atoms with E-state index in [1.807, 2.05) is 37.3 Å². The molecular weight excluding hydrogens is 621 g/mol. The number of hydrogen-bond donors (Lipinski definition) is 1. The lowest BCUT2D eigenvalue weighted by Crippen LogP contribution is -2.39. The molecule has 8 nitrogen and oxygen atoms in total. The van der Waals surface area contributed by atoms with Gasteiger partial charge in [-0.25, -0.2) is 13.8 Å². The zero-order valence-electron chi connectivity index (χ0n) is 24.8. The number of aryl methyl sites for hydroxylation is 3. The zero-order chi connectivity index (χ0) is 31.9. The lowest BCUT2D eigenvalue weighted by atomic mass is 10.1. The van der Waals surface area contributed by atoms with E-state index in [0.717, 1.165) is 15.4 Å². The lowest BCUT2D eigenvalue weighted by Gasteiger charge is -2.24. The number of hydrazone groups is 1. The lowest BCUT2D eigenvalue weighted by molar-refractivity contribution is -0.121. The van der Waals surface area contributed by atoms with Gasteiger partial charge < -0.3 is 9.47 Å². The minimum atomic E-state index is -4.10. The van der Waals surface area contributed by atoms with E-state index < -0.39 is 22.5 Å². The molecule has 0 saturated carbocycles. The van der Waals surface area contributed by atoms with Gasteiger partial charge in [0.05, 0.1) is 34.8 Å². The van der Waals surface area contributed by atoms with Crippen molar-refractivity contribution in [1.29, 1.82) is 0 Å². The summed E-state index contributed by atoms with van der Waals surface area (Å²) in [7, 11) is -2.56. The summed E-state index contributed by atoms with van der Waals surface area (Å²) < 4.78 is 40.3. The molecule has 0 atom stereocenters. The largest absolute Gasteiger partial charge is 0.493 e. The minimum Gasteiger partial charge on any atom is -0.493 e. The molecule has 0 unspecified atom stereocenters. The van der Waals surface area contributed by atoms with Crippen molar-refractivity contribution in [2.45, 2.75) is 38.8 Å². The fourth-order valence-corrected chi connectivity index (χ4v) is 6.88. The molecule has 0 aromatic heterocycles. The molecule has 0 fully saturated rings. The van der Waals surface area contributed by atoms with Crippen LogP contribution < -0.4 is 14.9 Å². The van der Waals surface area contributed by atoms with Crippen LogP contribution in [0.15, 0.2) is 88.9 Å². The van der Waals surface area contributed by atoms with E-state index >= 15 is 0 Å². The average Bonchev–Trinajstić information content (AvgIpc) is 2.97. The molecule has 0 radical (unpaired) electrons. The summed E-state index contributed by atoms with van der Waals surface area (Å²) in [4.78, 5) is 13.2. The fraction of sp³-hybridized carbons (Fsp3) is 0.212. The number of hydrogen-bond acceptors (Lipinski definition) is 6. The predicted octanol–water partition coefficient (Wildman–Crippen LogP) is 6.85. The molecular formula is C33H33Cl2N3O5S. The number of methoxy groups -OCH3 is 1. The SMILES string of the molecule is COc1cc(/C=N/NC(=O)CN(Cc2ccc(Cl)c(Cl)c2)S(=O)(=O)c2c(C)cc(C)cc2C)ccc1OCc1ccccc1. The molecule has 0 aliphatic rings. The maximum Gasteiger partial charge on any atom is 0.255 e. The van der Waals surface area contributed by atoms with E-state index in [1.165, 1.54) is 13.3 Å². The first-order chi connectivity index (χ1) is 21.0. The number of nitrogens with one attached hydrogen (secondary N) is 1. The molecule has 0 heterocycles. The first-order valence-electron chi connectivity index (χ1n) is 13.7. The van der Waals surface area contributed by atoms with Crippen LogP contribution in [0, 0.1) is 20.8 Å². The molecule has 4 aromatic rings. The molecule has 11 heteroatoms. The summed E-state index contributed by atoms with van der Waals surface area (Å²) in [6.45, 7) is 5.16. The number of nitrogens with zero attached hydrogens (tertiary/aromatic N) is 2. The van der Waals surface area contributed by atoms with Crippen LogP contribution in [0.5, 0.6) is 11.5 Å². The third-order valence-electron chi connectivity index (χ3n) is 6.69. The second kappa shape index (κ2) is 14.7. The van der Waals surface area contributed by atoms with Crippen LogP contribution in [-0.4, -0.2) is 38.5 Å². The van der Waals surface area contributed by atoms with Crippen LogP contribution in [0.2, 0.25) is 10.0 Å². The van der Waals surface area contributed by atoms with Crippen LogP contribution in [-0.2, 0) is 28.0 Å². The van der Waals surface area contributed by atoms with Gasteiger partial charge in [0.15, 0.2) is 11.5 Å². The van der Waals surface area contributed by atoms with E-state index in [0.29, 0.717) is 45.4 Å². The molecule has 1 N–H and O–H groups in total. The molecule has 0 spiro atoms. The van der Waals surface area contributed by atoms with Gasteiger partial charge in [-0.2, -0.15) is 9.41 Å². The van der Waals surface area contributed by atoms with Gasteiger partial charge in [0.1, 0.15) is 6.61 Å².